The minimum atomic E-state index is -1.13. The Morgan fingerprint density at radius 1 is 1.62 bits per heavy atom. The van der Waals surface area contributed by atoms with Crippen LogP contribution in [0.25, 0.3) is 0 Å². The number of halogens is 1. The number of carbonyl (C=O) groups is 1. The second-order valence-electron chi connectivity index (χ2n) is 3.17. The molecule has 0 aliphatic rings. The third-order valence-electron chi connectivity index (χ3n) is 1.99. The van der Waals surface area contributed by atoms with Gasteiger partial charge in [-0.15, -0.1) is 0 Å². The van der Waals surface area contributed by atoms with Gasteiger partial charge in [0.2, 0.25) is 5.82 Å². The summed E-state index contributed by atoms with van der Waals surface area (Å²) in [6, 6.07) is 2.19. The highest BCUT2D eigenvalue weighted by Crippen LogP contribution is 2.23. The van der Waals surface area contributed by atoms with Crippen LogP contribution in [0.5, 0.6) is 0 Å². The Kier molecular flexibility index (Phi) is 3.51. The van der Waals surface area contributed by atoms with E-state index in [1.54, 1.807) is 0 Å². The second kappa shape index (κ2) is 4.67. The molecule has 0 aliphatic heterocycles. The van der Waals surface area contributed by atoms with E-state index in [1.807, 2.05) is 0 Å². The lowest BCUT2D eigenvalue weighted by atomic mass is 10.0. The van der Waals surface area contributed by atoms with Crippen molar-refractivity contribution in [3.63, 3.8) is 0 Å². The van der Waals surface area contributed by atoms with Gasteiger partial charge in [-0.1, -0.05) is 6.07 Å². The number of hydrogen-bond donors (Lipinski definition) is 2. The molecule has 3 N–H and O–H groups in total. The molecular formula is C9H9FN2O4. The summed E-state index contributed by atoms with van der Waals surface area (Å²) in [5.74, 6) is -2.10. The highest BCUT2D eigenvalue weighted by Gasteiger charge is 2.18. The number of nitro benzene ring substituents is 1. The number of rotatable bonds is 4. The zero-order valence-electron chi connectivity index (χ0n) is 8.09. The molecule has 0 saturated carbocycles. The van der Waals surface area contributed by atoms with Gasteiger partial charge in [0.1, 0.15) is 0 Å². The van der Waals surface area contributed by atoms with Gasteiger partial charge in [-0.3, -0.25) is 14.9 Å². The van der Waals surface area contributed by atoms with Crippen LogP contribution in [0.3, 0.4) is 0 Å². The topological polar surface area (TPSA) is 106 Å². The van der Waals surface area contributed by atoms with Crippen molar-refractivity contribution in [3.05, 3.63) is 39.7 Å². The number of nitro groups is 1. The van der Waals surface area contributed by atoms with Crippen LogP contribution in [0.4, 0.5) is 10.1 Å². The van der Waals surface area contributed by atoms with Gasteiger partial charge < -0.3 is 10.8 Å². The largest absolute Gasteiger partial charge is 0.481 e. The van der Waals surface area contributed by atoms with Gasteiger partial charge in [-0.2, -0.15) is 4.39 Å². The van der Waals surface area contributed by atoms with E-state index in [1.165, 1.54) is 6.07 Å². The summed E-state index contributed by atoms with van der Waals surface area (Å²) in [7, 11) is 0. The van der Waals surface area contributed by atoms with Crippen molar-refractivity contribution in [2.75, 3.05) is 0 Å². The number of hydrogen-bond acceptors (Lipinski definition) is 4. The molecule has 6 nitrogen and oxygen atoms in total. The SMILES string of the molecule is N[C@H](CC(=O)O)c1ccc(F)c([N+](=O)[O-])c1. The lowest BCUT2D eigenvalue weighted by Crippen LogP contribution is -2.15. The summed E-state index contributed by atoms with van der Waals surface area (Å²) in [5.41, 5.74) is 5.00. The Hall–Kier alpha value is -2.02. The minimum absolute atomic E-state index is 0.218. The number of carboxylic acid groups (broad SMARTS) is 1. The molecule has 16 heavy (non-hydrogen) atoms. The number of nitrogens with zero attached hydrogens (tertiary/aromatic N) is 1. The van der Waals surface area contributed by atoms with Crippen LogP contribution in [-0.2, 0) is 4.79 Å². The van der Waals surface area contributed by atoms with Crippen molar-refractivity contribution in [1.29, 1.82) is 0 Å². The quantitative estimate of drug-likeness (QED) is 0.595. The molecule has 0 heterocycles. The predicted octanol–water partition coefficient (Wildman–Crippen LogP) is 1.21. The molecule has 86 valence electrons. The lowest BCUT2D eigenvalue weighted by Gasteiger charge is -2.08. The molecule has 0 radical (unpaired) electrons. The Bertz CT molecular complexity index is 436. The monoisotopic (exact) mass is 228 g/mol. The molecule has 1 atom stereocenters. The number of carboxylic acids is 1. The van der Waals surface area contributed by atoms with Crippen molar-refractivity contribution in [1.82, 2.24) is 0 Å². The molecule has 7 heteroatoms. The Morgan fingerprint density at radius 2 is 2.25 bits per heavy atom. The van der Waals surface area contributed by atoms with E-state index < -0.39 is 28.4 Å². The molecule has 1 rings (SSSR count). The Balaban J connectivity index is 3.02. The maximum absolute atomic E-state index is 12.9. The summed E-state index contributed by atoms with van der Waals surface area (Å²) in [5, 5.41) is 18.9. The van der Waals surface area contributed by atoms with Crippen LogP contribution in [0.2, 0.25) is 0 Å². The zero-order chi connectivity index (χ0) is 12.3. The molecule has 0 amide bonds. The third kappa shape index (κ3) is 2.74. The maximum Gasteiger partial charge on any atom is 0.305 e. The highest BCUT2D eigenvalue weighted by molar-refractivity contribution is 5.68. The van der Waals surface area contributed by atoms with Gasteiger partial charge in [0.05, 0.1) is 11.3 Å². The molecule has 0 saturated heterocycles. The zero-order valence-corrected chi connectivity index (χ0v) is 8.09. The smallest absolute Gasteiger partial charge is 0.305 e. The first kappa shape index (κ1) is 12.1. The van der Waals surface area contributed by atoms with Crippen LogP contribution in [0.1, 0.15) is 18.0 Å². The number of benzene rings is 1. The van der Waals surface area contributed by atoms with E-state index in [4.69, 9.17) is 10.8 Å². The van der Waals surface area contributed by atoms with Gasteiger partial charge in [0.25, 0.3) is 0 Å². The summed E-state index contributed by atoms with van der Waals surface area (Å²) >= 11 is 0. The summed E-state index contributed by atoms with van der Waals surface area (Å²) in [4.78, 5) is 19.9. The molecule has 0 aliphatic carbocycles. The standard InChI is InChI=1S/C9H9FN2O4/c10-6-2-1-5(3-8(6)12(15)16)7(11)4-9(13)14/h1-3,7H,4,11H2,(H,13,14)/t7-/m1/s1. The fourth-order valence-corrected chi connectivity index (χ4v) is 1.21. The van der Waals surface area contributed by atoms with E-state index >= 15 is 0 Å². The third-order valence-corrected chi connectivity index (χ3v) is 1.99. The average Bonchev–Trinajstić information content (AvgIpc) is 2.16. The van der Waals surface area contributed by atoms with Crippen LogP contribution >= 0.6 is 0 Å². The molecule has 1 aromatic carbocycles. The highest BCUT2D eigenvalue weighted by atomic mass is 19.1. The summed E-state index contributed by atoms with van der Waals surface area (Å²) in [6.45, 7) is 0. The van der Waals surface area contributed by atoms with E-state index in [2.05, 4.69) is 0 Å². The summed E-state index contributed by atoms with van der Waals surface area (Å²) in [6.07, 6.45) is -0.372. The normalized spacial score (nSPS) is 12.1. The van der Waals surface area contributed by atoms with Gasteiger partial charge in [-0.05, 0) is 11.6 Å². The molecule has 0 spiro atoms. The fraction of sp³-hybridized carbons (Fsp3) is 0.222. The van der Waals surface area contributed by atoms with Gasteiger partial charge >= 0.3 is 11.7 Å². The fourth-order valence-electron chi connectivity index (χ4n) is 1.21. The Morgan fingerprint density at radius 3 is 2.75 bits per heavy atom. The second-order valence-corrected chi connectivity index (χ2v) is 3.17. The van der Waals surface area contributed by atoms with Crippen molar-refractivity contribution >= 4 is 11.7 Å². The van der Waals surface area contributed by atoms with Crippen LogP contribution in [0, 0.1) is 15.9 Å². The van der Waals surface area contributed by atoms with E-state index in [-0.39, 0.29) is 12.0 Å². The van der Waals surface area contributed by atoms with Gasteiger partial charge in [0, 0.05) is 12.1 Å². The molecule has 1 aromatic rings. The van der Waals surface area contributed by atoms with Crippen molar-refractivity contribution < 1.29 is 19.2 Å². The van der Waals surface area contributed by atoms with Crippen LogP contribution < -0.4 is 5.73 Å². The van der Waals surface area contributed by atoms with Crippen LogP contribution in [-0.4, -0.2) is 16.0 Å². The van der Waals surface area contributed by atoms with Gasteiger partial charge in [-0.25, -0.2) is 0 Å². The molecule has 0 bridgehead atoms. The Labute approximate surface area is 89.6 Å². The minimum Gasteiger partial charge on any atom is -0.481 e. The molecule has 0 aromatic heterocycles. The number of nitrogens with two attached hydrogens (primary N) is 1. The van der Waals surface area contributed by atoms with Gasteiger partial charge in [0.15, 0.2) is 0 Å². The average molecular weight is 228 g/mol. The number of aliphatic carboxylic acids is 1. The van der Waals surface area contributed by atoms with Crippen molar-refractivity contribution in [2.45, 2.75) is 12.5 Å². The summed E-state index contributed by atoms with van der Waals surface area (Å²) < 4.78 is 12.9. The first-order valence-electron chi connectivity index (χ1n) is 4.33. The first-order valence-corrected chi connectivity index (χ1v) is 4.33. The molecule has 0 unspecified atom stereocenters. The first-order chi connectivity index (χ1) is 7.41. The van der Waals surface area contributed by atoms with E-state index in [9.17, 15) is 19.3 Å². The predicted molar refractivity (Wildman–Crippen MR) is 52.2 cm³/mol. The van der Waals surface area contributed by atoms with Crippen LogP contribution in [0.15, 0.2) is 18.2 Å². The van der Waals surface area contributed by atoms with Crippen molar-refractivity contribution in [2.24, 2.45) is 5.73 Å². The van der Waals surface area contributed by atoms with E-state index in [0.29, 0.717) is 0 Å². The molecular weight excluding hydrogens is 219 g/mol. The van der Waals surface area contributed by atoms with Crippen molar-refractivity contribution in [3.8, 4) is 0 Å². The van der Waals surface area contributed by atoms with E-state index in [0.717, 1.165) is 12.1 Å². The molecule has 0 fully saturated rings. The maximum atomic E-state index is 12.9. The lowest BCUT2D eigenvalue weighted by molar-refractivity contribution is -0.387.